The van der Waals surface area contributed by atoms with Gasteiger partial charge in [0.1, 0.15) is 0 Å². The summed E-state index contributed by atoms with van der Waals surface area (Å²) >= 11 is 0. The smallest absolute Gasteiger partial charge is 0.161 e. The summed E-state index contributed by atoms with van der Waals surface area (Å²) in [5, 5.41) is 3.30. The van der Waals surface area contributed by atoms with E-state index in [1.807, 2.05) is 12.1 Å². The molecule has 0 bridgehead atoms. The van der Waals surface area contributed by atoms with Gasteiger partial charge in [0.05, 0.1) is 0 Å². The zero-order valence-electron chi connectivity index (χ0n) is 11.7. The number of anilines is 2. The number of carbonyl (C=O) groups is 1. The predicted molar refractivity (Wildman–Crippen MR) is 77.1 cm³/mol. The van der Waals surface area contributed by atoms with Crippen LogP contribution in [0.2, 0.25) is 0 Å². The van der Waals surface area contributed by atoms with E-state index in [1.165, 1.54) is 6.92 Å². The van der Waals surface area contributed by atoms with Crippen molar-refractivity contribution >= 4 is 17.2 Å². The maximum Gasteiger partial charge on any atom is 0.161 e. The Hall–Kier alpha value is -1.55. The van der Waals surface area contributed by atoms with Gasteiger partial charge in [-0.2, -0.15) is 0 Å². The van der Waals surface area contributed by atoms with Gasteiger partial charge in [0, 0.05) is 36.1 Å². The Labute approximate surface area is 109 Å². The van der Waals surface area contributed by atoms with E-state index >= 15 is 0 Å². The van der Waals surface area contributed by atoms with Crippen LogP contribution in [0, 0.1) is 0 Å². The fourth-order valence-electron chi connectivity index (χ4n) is 1.63. The van der Waals surface area contributed by atoms with Gasteiger partial charge in [-0.15, -0.1) is 0 Å². The Kier molecular flexibility index (Phi) is 5.16. The van der Waals surface area contributed by atoms with Gasteiger partial charge in [-0.25, -0.2) is 0 Å². The van der Waals surface area contributed by atoms with Crippen molar-refractivity contribution in [3.8, 4) is 0 Å². The van der Waals surface area contributed by atoms with Crippen LogP contribution >= 0.6 is 0 Å². The predicted octanol–water partition coefficient (Wildman–Crippen LogP) is 2.22. The zero-order chi connectivity index (χ0) is 13.7. The van der Waals surface area contributed by atoms with E-state index in [0.29, 0.717) is 17.3 Å². The van der Waals surface area contributed by atoms with Gasteiger partial charge in [-0.1, -0.05) is 0 Å². The molecular formula is C14H23N3O. The molecule has 18 heavy (non-hydrogen) atoms. The van der Waals surface area contributed by atoms with Crippen LogP contribution in [0.3, 0.4) is 0 Å². The third-order valence-corrected chi connectivity index (χ3v) is 3.11. The summed E-state index contributed by atoms with van der Waals surface area (Å²) in [5.41, 5.74) is 7.90. The lowest BCUT2D eigenvalue weighted by molar-refractivity contribution is 0.101. The molecule has 100 valence electrons. The summed E-state index contributed by atoms with van der Waals surface area (Å²) in [4.78, 5) is 13.5. The third-order valence-electron chi connectivity index (χ3n) is 3.11. The number of likely N-dealkylation sites (N-methyl/N-ethyl adjacent to an activating group) is 1. The van der Waals surface area contributed by atoms with Crippen LogP contribution in [0.4, 0.5) is 11.4 Å². The van der Waals surface area contributed by atoms with Crippen molar-refractivity contribution in [1.29, 1.82) is 0 Å². The minimum atomic E-state index is -0.00130. The number of Topliss-reactive ketones (excluding diaryl/α,β-unsaturated/α-hetero) is 1. The van der Waals surface area contributed by atoms with Gasteiger partial charge in [-0.3, -0.25) is 4.79 Å². The number of hydrogen-bond donors (Lipinski definition) is 2. The van der Waals surface area contributed by atoms with Gasteiger partial charge in [0.15, 0.2) is 5.78 Å². The monoisotopic (exact) mass is 249 g/mol. The molecule has 3 N–H and O–H groups in total. The number of nitrogen functional groups attached to an aromatic ring is 1. The Morgan fingerprint density at radius 1 is 1.44 bits per heavy atom. The Balaban J connectivity index is 2.54. The van der Waals surface area contributed by atoms with Crippen LogP contribution < -0.4 is 11.1 Å². The number of hydrogen-bond acceptors (Lipinski definition) is 4. The van der Waals surface area contributed by atoms with Crippen LogP contribution in [0.25, 0.3) is 0 Å². The first kappa shape index (κ1) is 14.5. The first-order valence-corrected chi connectivity index (χ1v) is 6.26. The third kappa shape index (κ3) is 4.04. The Morgan fingerprint density at radius 2 is 2.11 bits per heavy atom. The zero-order valence-corrected chi connectivity index (χ0v) is 11.7. The first-order chi connectivity index (χ1) is 8.41. The van der Waals surface area contributed by atoms with E-state index in [2.05, 4.69) is 31.1 Å². The van der Waals surface area contributed by atoms with Crippen molar-refractivity contribution in [2.45, 2.75) is 26.8 Å². The second-order valence-corrected chi connectivity index (χ2v) is 4.86. The summed E-state index contributed by atoms with van der Waals surface area (Å²) in [6.07, 6.45) is 0. The molecular weight excluding hydrogens is 226 g/mol. The number of ketones is 1. The molecule has 1 aromatic carbocycles. The molecule has 0 spiro atoms. The Bertz CT molecular complexity index is 416. The molecule has 0 saturated heterocycles. The average molecular weight is 249 g/mol. The molecule has 0 heterocycles. The molecule has 0 saturated carbocycles. The lowest BCUT2D eigenvalue weighted by Crippen LogP contribution is -2.31. The van der Waals surface area contributed by atoms with Crippen molar-refractivity contribution in [2.24, 2.45) is 0 Å². The molecule has 4 nitrogen and oxygen atoms in total. The molecule has 0 aliphatic heterocycles. The number of carbonyl (C=O) groups excluding carboxylic acids is 1. The quantitative estimate of drug-likeness (QED) is 0.599. The van der Waals surface area contributed by atoms with E-state index in [1.54, 1.807) is 6.07 Å². The SMILES string of the molecule is CC(=O)c1ccc(NCCN(C)C(C)C)cc1N. The van der Waals surface area contributed by atoms with Crippen LogP contribution in [0.15, 0.2) is 18.2 Å². The summed E-state index contributed by atoms with van der Waals surface area (Å²) in [7, 11) is 2.10. The highest BCUT2D eigenvalue weighted by molar-refractivity contribution is 5.99. The molecule has 0 atom stereocenters. The topological polar surface area (TPSA) is 58.4 Å². The summed E-state index contributed by atoms with van der Waals surface area (Å²) < 4.78 is 0. The van der Waals surface area contributed by atoms with Crippen molar-refractivity contribution in [3.63, 3.8) is 0 Å². The van der Waals surface area contributed by atoms with E-state index < -0.39 is 0 Å². The summed E-state index contributed by atoms with van der Waals surface area (Å²) in [6, 6.07) is 6.01. The number of rotatable bonds is 6. The normalized spacial score (nSPS) is 11.0. The van der Waals surface area contributed by atoms with Gasteiger partial charge >= 0.3 is 0 Å². The van der Waals surface area contributed by atoms with E-state index in [4.69, 9.17) is 5.73 Å². The maximum absolute atomic E-state index is 11.2. The second kappa shape index (κ2) is 6.40. The van der Waals surface area contributed by atoms with Crippen molar-refractivity contribution in [3.05, 3.63) is 23.8 Å². The van der Waals surface area contributed by atoms with Crippen molar-refractivity contribution in [1.82, 2.24) is 4.90 Å². The lowest BCUT2D eigenvalue weighted by atomic mass is 10.1. The van der Waals surface area contributed by atoms with Crippen LogP contribution in [-0.4, -0.2) is 36.9 Å². The highest BCUT2D eigenvalue weighted by Gasteiger charge is 2.06. The minimum Gasteiger partial charge on any atom is -0.398 e. The number of benzene rings is 1. The average Bonchev–Trinajstić information content (AvgIpc) is 2.28. The standard InChI is InChI=1S/C14H23N3O/c1-10(2)17(4)8-7-16-12-5-6-13(11(3)18)14(15)9-12/h5-6,9-10,16H,7-8,15H2,1-4H3. The minimum absolute atomic E-state index is 0.00130. The summed E-state index contributed by atoms with van der Waals surface area (Å²) in [6.45, 7) is 7.68. The number of nitrogens with zero attached hydrogens (tertiary/aromatic N) is 1. The molecule has 0 aliphatic carbocycles. The van der Waals surface area contributed by atoms with Gasteiger partial charge in [0.25, 0.3) is 0 Å². The largest absolute Gasteiger partial charge is 0.398 e. The molecule has 0 amide bonds. The molecule has 0 radical (unpaired) electrons. The Morgan fingerprint density at radius 3 is 2.61 bits per heavy atom. The fourth-order valence-corrected chi connectivity index (χ4v) is 1.63. The molecule has 4 heteroatoms. The lowest BCUT2D eigenvalue weighted by Gasteiger charge is -2.21. The molecule has 1 rings (SSSR count). The van der Waals surface area contributed by atoms with Crippen LogP contribution in [0.5, 0.6) is 0 Å². The van der Waals surface area contributed by atoms with Gasteiger partial charge in [0.2, 0.25) is 0 Å². The van der Waals surface area contributed by atoms with Crippen LogP contribution in [0.1, 0.15) is 31.1 Å². The van der Waals surface area contributed by atoms with E-state index in [0.717, 1.165) is 18.8 Å². The maximum atomic E-state index is 11.2. The van der Waals surface area contributed by atoms with E-state index in [9.17, 15) is 4.79 Å². The molecule has 1 aromatic rings. The fraction of sp³-hybridized carbons (Fsp3) is 0.500. The second-order valence-electron chi connectivity index (χ2n) is 4.86. The highest BCUT2D eigenvalue weighted by atomic mass is 16.1. The molecule has 0 fully saturated rings. The van der Waals surface area contributed by atoms with Gasteiger partial charge < -0.3 is 16.0 Å². The summed E-state index contributed by atoms with van der Waals surface area (Å²) in [5.74, 6) is -0.00130. The number of nitrogens with two attached hydrogens (primary N) is 1. The van der Waals surface area contributed by atoms with E-state index in [-0.39, 0.29) is 5.78 Å². The highest BCUT2D eigenvalue weighted by Crippen LogP contribution is 2.18. The van der Waals surface area contributed by atoms with Gasteiger partial charge in [-0.05, 0) is 46.0 Å². The molecule has 0 aliphatic rings. The van der Waals surface area contributed by atoms with Crippen molar-refractivity contribution < 1.29 is 4.79 Å². The first-order valence-electron chi connectivity index (χ1n) is 6.26. The molecule has 0 aromatic heterocycles. The molecule has 0 unspecified atom stereocenters. The van der Waals surface area contributed by atoms with Crippen molar-refractivity contribution in [2.75, 3.05) is 31.2 Å². The number of nitrogens with one attached hydrogen (secondary N) is 1. The van der Waals surface area contributed by atoms with Crippen LogP contribution in [-0.2, 0) is 0 Å².